The summed E-state index contributed by atoms with van der Waals surface area (Å²) in [5, 5.41) is 0. The summed E-state index contributed by atoms with van der Waals surface area (Å²) in [4.78, 5) is 21.4. The van der Waals surface area contributed by atoms with Gasteiger partial charge >= 0.3 is 5.97 Å². The van der Waals surface area contributed by atoms with Gasteiger partial charge in [0.25, 0.3) is 0 Å². The van der Waals surface area contributed by atoms with Gasteiger partial charge in [0.05, 0.1) is 6.42 Å². The van der Waals surface area contributed by atoms with Crippen LogP contribution in [0.5, 0.6) is 0 Å². The molecular weight excluding hydrogens is 271 g/mol. The van der Waals surface area contributed by atoms with Gasteiger partial charge in [0.15, 0.2) is 0 Å². The van der Waals surface area contributed by atoms with Crippen molar-refractivity contribution < 1.29 is 14.3 Å². The molecule has 4 heteroatoms. The number of alkyl halides is 1. The van der Waals surface area contributed by atoms with Crippen molar-refractivity contribution in [3.8, 4) is 0 Å². The zero-order valence-electron chi connectivity index (χ0n) is 7.30. The van der Waals surface area contributed by atoms with E-state index in [1.807, 2.05) is 0 Å². The molecule has 0 atom stereocenters. The normalized spacial score (nSPS) is 10.9. The summed E-state index contributed by atoms with van der Waals surface area (Å²) in [7, 11) is 0. The molecule has 0 aromatic rings. The molecule has 0 aromatic carbocycles. The first kappa shape index (κ1) is 11.9. The number of hydrogen-bond acceptors (Lipinski definition) is 3. The SMILES string of the molecule is CC(C)(C=O)CC(=O)OCCI. The Balaban J connectivity index is 3.76. The first-order valence-corrected chi connectivity index (χ1v) is 5.22. The zero-order chi connectivity index (χ0) is 9.61. The van der Waals surface area contributed by atoms with Crippen molar-refractivity contribution in [3.05, 3.63) is 0 Å². The Morgan fingerprint density at radius 1 is 1.58 bits per heavy atom. The minimum atomic E-state index is -0.595. The molecule has 0 saturated carbocycles. The quantitative estimate of drug-likeness (QED) is 0.333. The van der Waals surface area contributed by atoms with Crippen LogP contribution in [0.3, 0.4) is 0 Å². The molecule has 0 heterocycles. The monoisotopic (exact) mass is 284 g/mol. The van der Waals surface area contributed by atoms with E-state index in [9.17, 15) is 9.59 Å². The van der Waals surface area contributed by atoms with Crippen molar-refractivity contribution in [2.24, 2.45) is 5.41 Å². The molecule has 0 unspecified atom stereocenters. The van der Waals surface area contributed by atoms with E-state index in [1.54, 1.807) is 13.8 Å². The van der Waals surface area contributed by atoms with Crippen molar-refractivity contribution in [2.45, 2.75) is 20.3 Å². The third-order valence-electron chi connectivity index (χ3n) is 1.26. The van der Waals surface area contributed by atoms with Crippen LogP contribution in [0.4, 0.5) is 0 Å². The molecule has 0 N–H and O–H groups in total. The molecule has 12 heavy (non-hydrogen) atoms. The van der Waals surface area contributed by atoms with E-state index in [4.69, 9.17) is 4.74 Å². The van der Waals surface area contributed by atoms with E-state index in [0.29, 0.717) is 6.61 Å². The molecule has 0 spiro atoms. The number of hydrogen-bond donors (Lipinski definition) is 0. The number of aldehydes is 1. The zero-order valence-corrected chi connectivity index (χ0v) is 9.46. The van der Waals surface area contributed by atoms with Gasteiger partial charge in [-0.2, -0.15) is 0 Å². The van der Waals surface area contributed by atoms with E-state index in [2.05, 4.69) is 22.6 Å². The number of ether oxygens (including phenoxy) is 1. The summed E-state index contributed by atoms with van der Waals surface area (Å²) in [5.74, 6) is -0.302. The number of halogens is 1. The maximum Gasteiger partial charge on any atom is 0.306 e. The Morgan fingerprint density at radius 2 is 2.17 bits per heavy atom. The van der Waals surface area contributed by atoms with Gasteiger partial charge in [-0.3, -0.25) is 4.79 Å². The van der Waals surface area contributed by atoms with Gasteiger partial charge in [0, 0.05) is 9.84 Å². The summed E-state index contributed by atoms with van der Waals surface area (Å²) in [6.45, 7) is 3.85. The largest absolute Gasteiger partial charge is 0.465 e. The maximum absolute atomic E-state index is 11.0. The third kappa shape index (κ3) is 5.51. The van der Waals surface area contributed by atoms with Gasteiger partial charge in [-0.15, -0.1) is 0 Å². The Labute approximate surface area is 86.0 Å². The molecule has 0 radical (unpaired) electrons. The molecule has 0 amide bonds. The molecule has 0 fully saturated rings. The lowest BCUT2D eigenvalue weighted by atomic mass is 9.92. The summed E-state index contributed by atoms with van der Waals surface area (Å²) in [6, 6.07) is 0. The fraction of sp³-hybridized carbons (Fsp3) is 0.750. The molecule has 0 aromatic heterocycles. The topological polar surface area (TPSA) is 43.4 Å². The predicted molar refractivity (Wildman–Crippen MR) is 54.3 cm³/mol. The van der Waals surface area contributed by atoms with Crippen LogP contribution < -0.4 is 0 Å². The van der Waals surface area contributed by atoms with Crippen molar-refractivity contribution in [2.75, 3.05) is 11.0 Å². The van der Waals surface area contributed by atoms with E-state index < -0.39 is 5.41 Å². The van der Waals surface area contributed by atoms with Crippen molar-refractivity contribution in [3.63, 3.8) is 0 Å². The minimum Gasteiger partial charge on any atom is -0.465 e. The van der Waals surface area contributed by atoms with Gasteiger partial charge in [0.1, 0.15) is 12.9 Å². The first-order chi connectivity index (χ1) is 5.52. The predicted octanol–water partition coefficient (Wildman–Crippen LogP) is 1.58. The van der Waals surface area contributed by atoms with Crippen LogP contribution in [0.25, 0.3) is 0 Å². The van der Waals surface area contributed by atoms with Crippen LogP contribution in [-0.2, 0) is 14.3 Å². The Kier molecular flexibility index (Phi) is 5.44. The van der Waals surface area contributed by atoms with Crippen molar-refractivity contribution >= 4 is 34.8 Å². The summed E-state index contributed by atoms with van der Waals surface area (Å²) >= 11 is 2.12. The van der Waals surface area contributed by atoms with Crippen molar-refractivity contribution in [1.82, 2.24) is 0 Å². The van der Waals surface area contributed by atoms with E-state index in [0.717, 1.165) is 10.7 Å². The molecule has 0 aliphatic rings. The highest BCUT2D eigenvalue weighted by Crippen LogP contribution is 2.16. The highest BCUT2D eigenvalue weighted by atomic mass is 127. The van der Waals surface area contributed by atoms with Gasteiger partial charge in [-0.1, -0.05) is 36.4 Å². The third-order valence-corrected chi connectivity index (χ3v) is 1.70. The maximum atomic E-state index is 11.0. The minimum absolute atomic E-state index is 0.160. The van der Waals surface area contributed by atoms with Gasteiger partial charge in [-0.05, 0) is 0 Å². The molecule has 0 aliphatic heterocycles. The average Bonchev–Trinajstić information content (AvgIpc) is 2.00. The molecule has 0 rings (SSSR count). The summed E-state index contributed by atoms with van der Waals surface area (Å²) in [5.41, 5.74) is -0.595. The molecule has 0 aliphatic carbocycles. The fourth-order valence-electron chi connectivity index (χ4n) is 0.617. The van der Waals surface area contributed by atoms with Gasteiger partial charge in [-0.25, -0.2) is 0 Å². The standard InChI is InChI=1S/C8H13IO3/c1-8(2,6-10)5-7(11)12-4-3-9/h6H,3-5H2,1-2H3. The second kappa shape index (κ2) is 5.50. The second-order valence-corrected chi connectivity index (χ2v) is 4.27. The summed E-state index contributed by atoms with van der Waals surface area (Å²) in [6.07, 6.45) is 0.936. The van der Waals surface area contributed by atoms with Crippen LogP contribution in [-0.4, -0.2) is 23.3 Å². The molecule has 0 saturated heterocycles. The first-order valence-electron chi connectivity index (χ1n) is 3.70. The summed E-state index contributed by atoms with van der Waals surface area (Å²) < 4.78 is 5.61. The number of carbonyl (C=O) groups is 2. The van der Waals surface area contributed by atoms with Crippen molar-refractivity contribution in [1.29, 1.82) is 0 Å². The highest BCUT2D eigenvalue weighted by molar-refractivity contribution is 14.1. The lowest BCUT2D eigenvalue weighted by Crippen LogP contribution is -2.20. The van der Waals surface area contributed by atoms with Crippen LogP contribution in [0.2, 0.25) is 0 Å². The van der Waals surface area contributed by atoms with Crippen LogP contribution >= 0.6 is 22.6 Å². The second-order valence-electron chi connectivity index (χ2n) is 3.19. The van der Waals surface area contributed by atoms with E-state index in [1.165, 1.54) is 0 Å². The Bertz CT molecular complexity index is 166. The lowest BCUT2D eigenvalue weighted by molar-refractivity contribution is -0.146. The van der Waals surface area contributed by atoms with E-state index in [-0.39, 0.29) is 12.4 Å². The molecule has 70 valence electrons. The number of esters is 1. The van der Waals surface area contributed by atoms with Gasteiger partial charge < -0.3 is 9.53 Å². The van der Waals surface area contributed by atoms with Gasteiger partial charge in [0.2, 0.25) is 0 Å². The molecule has 3 nitrogen and oxygen atoms in total. The molecule has 0 bridgehead atoms. The van der Waals surface area contributed by atoms with Crippen LogP contribution in [0.15, 0.2) is 0 Å². The Hall–Kier alpha value is -0.130. The average molecular weight is 284 g/mol. The van der Waals surface area contributed by atoms with E-state index >= 15 is 0 Å². The Morgan fingerprint density at radius 3 is 2.58 bits per heavy atom. The highest BCUT2D eigenvalue weighted by Gasteiger charge is 2.21. The fourth-order valence-corrected chi connectivity index (χ4v) is 0.837. The van der Waals surface area contributed by atoms with Crippen LogP contribution in [0, 0.1) is 5.41 Å². The lowest BCUT2D eigenvalue weighted by Gasteiger charge is -2.14. The van der Waals surface area contributed by atoms with Crippen LogP contribution in [0.1, 0.15) is 20.3 Å². The number of rotatable bonds is 5. The molecular formula is C8H13IO3. The number of carbonyl (C=O) groups excluding carboxylic acids is 2. The smallest absolute Gasteiger partial charge is 0.306 e.